The number of benzene rings is 1. The van der Waals surface area contributed by atoms with E-state index in [4.69, 9.17) is 11.6 Å². The van der Waals surface area contributed by atoms with E-state index in [1.54, 1.807) is 24.3 Å². The van der Waals surface area contributed by atoms with Crippen LogP contribution >= 0.6 is 23.4 Å². The SMILES string of the molecule is O=C(C[N+]1=C2SC3=C(CCCCC3)C2C(=O)N(c2ccc(Cl)cc2)C1=O)NCCC1=CCCCC1. The van der Waals surface area contributed by atoms with Gasteiger partial charge in [-0.1, -0.05) is 41.4 Å². The lowest BCUT2D eigenvalue weighted by atomic mass is 9.93. The van der Waals surface area contributed by atoms with Crippen molar-refractivity contribution < 1.29 is 19.0 Å². The van der Waals surface area contributed by atoms with Crippen molar-refractivity contribution in [3.8, 4) is 0 Å². The van der Waals surface area contributed by atoms with Crippen molar-refractivity contribution in [2.45, 2.75) is 64.2 Å². The first-order valence-electron chi connectivity index (χ1n) is 12.6. The fourth-order valence-electron chi connectivity index (χ4n) is 5.40. The molecule has 0 bridgehead atoms. The summed E-state index contributed by atoms with van der Waals surface area (Å²) < 4.78 is 1.52. The summed E-state index contributed by atoms with van der Waals surface area (Å²) in [5, 5.41) is 4.22. The van der Waals surface area contributed by atoms with E-state index >= 15 is 0 Å². The predicted octanol–water partition coefficient (Wildman–Crippen LogP) is 5.81. The zero-order valence-corrected chi connectivity index (χ0v) is 21.4. The zero-order valence-electron chi connectivity index (χ0n) is 19.9. The molecule has 1 atom stereocenters. The number of hydrogen-bond donors (Lipinski definition) is 1. The van der Waals surface area contributed by atoms with E-state index in [1.807, 2.05) is 0 Å². The standard InChI is InChI=1S/C27H30ClN3O3S/c28-19-11-13-20(14-12-19)31-25(33)24-21-9-5-2-6-10-22(21)35-26(24)30(27(31)34)17-23(32)29-16-15-18-7-3-1-4-8-18/h7,11-14,24H,1-6,8-10,15-17H2/p+1. The van der Waals surface area contributed by atoms with Crippen LogP contribution in [0.5, 0.6) is 0 Å². The van der Waals surface area contributed by atoms with Crippen molar-refractivity contribution in [2.24, 2.45) is 5.92 Å². The highest BCUT2D eigenvalue weighted by atomic mass is 35.5. The number of hydrogen-bond acceptors (Lipinski definition) is 4. The predicted molar refractivity (Wildman–Crippen MR) is 140 cm³/mol. The minimum absolute atomic E-state index is 0.0886. The molecule has 1 N–H and O–H groups in total. The Kier molecular flexibility index (Phi) is 7.44. The maximum absolute atomic E-state index is 13.7. The van der Waals surface area contributed by atoms with Crippen molar-refractivity contribution in [1.82, 2.24) is 5.32 Å². The highest BCUT2D eigenvalue weighted by Crippen LogP contribution is 2.47. The van der Waals surface area contributed by atoms with Gasteiger partial charge in [0.05, 0.1) is 0 Å². The zero-order chi connectivity index (χ0) is 24.4. The second-order valence-electron chi connectivity index (χ2n) is 9.61. The molecule has 4 amide bonds. The number of carbonyl (C=O) groups excluding carboxylic acids is 3. The largest absolute Gasteiger partial charge is 0.507 e. The number of halogens is 1. The van der Waals surface area contributed by atoms with Gasteiger partial charge in [-0.2, -0.15) is 9.37 Å². The van der Waals surface area contributed by atoms with Gasteiger partial charge in [-0.3, -0.25) is 4.79 Å². The fraction of sp³-hybridized carbons (Fsp3) is 0.481. The number of carbonyl (C=O) groups is 3. The van der Waals surface area contributed by atoms with E-state index in [0.717, 1.165) is 56.9 Å². The fourth-order valence-corrected chi connectivity index (χ4v) is 6.99. The number of urea groups is 1. The van der Waals surface area contributed by atoms with Crippen molar-refractivity contribution in [1.29, 1.82) is 0 Å². The molecule has 6 nitrogen and oxygen atoms in total. The maximum Gasteiger partial charge on any atom is 0.507 e. The Bertz CT molecular complexity index is 1140. The van der Waals surface area contributed by atoms with Crippen molar-refractivity contribution >= 4 is 51.9 Å². The number of allylic oxidation sites excluding steroid dienone is 2. The topological polar surface area (TPSA) is 69.5 Å². The second kappa shape index (κ2) is 10.7. The molecular weight excluding hydrogens is 482 g/mol. The maximum atomic E-state index is 13.7. The summed E-state index contributed by atoms with van der Waals surface area (Å²) >= 11 is 7.59. The van der Waals surface area contributed by atoms with Crippen LogP contribution < -0.4 is 10.2 Å². The van der Waals surface area contributed by atoms with E-state index in [-0.39, 0.29) is 18.4 Å². The van der Waals surface area contributed by atoms with Gasteiger partial charge in [0.1, 0.15) is 5.69 Å². The molecule has 5 rings (SSSR count). The molecule has 0 radical (unpaired) electrons. The summed E-state index contributed by atoms with van der Waals surface area (Å²) in [6, 6.07) is 6.24. The Balaban J connectivity index is 1.40. The van der Waals surface area contributed by atoms with Gasteiger partial charge in [0.15, 0.2) is 17.5 Å². The Morgan fingerprint density at radius 2 is 1.83 bits per heavy atom. The summed E-state index contributed by atoms with van der Waals surface area (Å²) in [5.41, 5.74) is 3.01. The lowest BCUT2D eigenvalue weighted by Gasteiger charge is -2.25. The second-order valence-corrected chi connectivity index (χ2v) is 11.2. The molecule has 184 valence electrons. The van der Waals surface area contributed by atoms with Crippen LogP contribution in [0.2, 0.25) is 5.02 Å². The molecule has 0 spiro atoms. The van der Waals surface area contributed by atoms with E-state index in [0.29, 0.717) is 22.3 Å². The Morgan fingerprint density at radius 3 is 2.60 bits per heavy atom. The van der Waals surface area contributed by atoms with Gasteiger partial charge in [-0.15, -0.1) is 4.90 Å². The molecule has 2 aliphatic heterocycles. The third kappa shape index (κ3) is 5.12. The Morgan fingerprint density at radius 1 is 1.06 bits per heavy atom. The molecule has 2 aliphatic carbocycles. The molecule has 0 aromatic heterocycles. The summed E-state index contributed by atoms with van der Waals surface area (Å²) in [7, 11) is 0. The van der Waals surface area contributed by atoms with Crippen LogP contribution in [0.3, 0.4) is 0 Å². The minimum Gasteiger partial charge on any atom is -0.352 e. The van der Waals surface area contributed by atoms with Crippen LogP contribution in [0, 0.1) is 5.92 Å². The Labute approximate surface area is 215 Å². The number of amides is 4. The first-order valence-corrected chi connectivity index (χ1v) is 13.8. The van der Waals surface area contributed by atoms with Crippen LogP contribution in [-0.4, -0.2) is 40.6 Å². The molecule has 8 heteroatoms. The van der Waals surface area contributed by atoms with Gasteiger partial charge >= 0.3 is 11.9 Å². The van der Waals surface area contributed by atoms with E-state index in [1.165, 1.54) is 44.6 Å². The molecular formula is C27H31ClN3O3S+. The van der Waals surface area contributed by atoms with Gasteiger partial charge in [0.2, 0.25) is 0 Å². The van der Waals surface area contributed by atoms with Crippen LogP contribution in [0.4, 0.5) is 10.5 Å². The molecule has 0 saturated carbocycles. The highest BCUT2D eigenvalue weighted by Gasteiger charge is 2.54. The van der Waals surface area contributed by atoms with Gasteiger partial charge in [0.25, 0.3) is 5.91 Å². The molecule has 1 aromatic carbocycles. The number of imide groups is 1. The molecule has 0 saturated heterocycles. The average molecular weight is 513 g/mol. The van der Waals surface area contributed by atoms with Crippen LogP contribution in [0.15, 0.2) is 46.4 Å². The number of nitrogens with zero attached hydrogens (tertiary/aromatic N) is 2. The molecule has 0 fully saturated rings. The molecule has 35 heavy (non-hydrogen) atoms. The minimum atomic E-state index is -0.485. The van der Waals surface area contributed by atoms with Gasteiger partial charge in [0, 0.05) is 11.6 Å². The summed E-state index contributed by atoms with van der Waals surface area (Å²) in [4.78, 5) is 42.7. The van der Waals surface area contributed by atoms with Crippen LogP contribution in [0.1, 0.15) is 64.2 Å². The van der Waals surface area contributed by atoms with Gasteiger partial charge < -0.3 is 5.32 Å². The van der Waals surface area contributed by atoms with Gasteiger partial charge in [-0.05, 0) is 92.5 Å². The highest BCUT2D eigenvalue weighted by molar-refractivity contribution is 8.17. The monoisotopic (exact) mass is 512 g/mol. The first-order chi connectivity index (χ1) is 17.0. The lowest BCUT2D eigenvalue weighted by Crippen LogP contribution is -2.55. The molecule has 2 heterocycles. The van der Waals surface area contributed by atoms with Crippen molar-refractivity contribution in [3.63, 3.8) is 0 Å². The number of nitrogens with one attached hydrogen (secondary N) is 1. The normalized spacial score (nSPS) is 22.6. The summed E-state index contributed by atoms with van der Waals surface area (Å²) in [6.45, 7) is 0.474. The summed E-state index contributed by atoms with van der Waals surface area (Å²) in [5.74, 6) is -0.914. The number of thioether (sulfide) groups is 1. The summed E-state index contributed by atoms with van der Waals surface area (Å²) in [6.07, 6.45) is 12.9. The van der Waals surface area contributed by atoms with Crippen molar-refractivity contribution in [3.05, 3.63) is 51.4 Å². The molecule has 4 aliphatic rings. The van der Waals surface area contributed by atoms with Gasteiger partial charge in [-0.25, -0.2) is 4.79 Å². The number of anilines is 1. The van der Waals surface area contributed by atoms with Crippen LogP contribution in [0.25, 0.3) is 0 Å². The molecule has 1 aromatic rings. The first kappa shape index (κ1) is 24.3. The molecule has 1 unspecified atom stereocenters. The van der Waals surface area contributed by atoms with E-state index in [9.17, 15) is 14.4 Å². The Hall–Kier alpha value is -2.38. The number of rotatable bonds is 6. The third-order valence-corrected chi connectivity index (χ3v) is 8.86. The number of fused-ring (bicyclic) bond motifs is 2. The van der Waals surface area contributed by atoms with E-state index in [2.05, 4.69) is 11.4 Å². The lowest BCUT2D eigenvalue weighted by molar-refractivity contribution is -0.414. The quantitative estimate of drug-likeness (QED) is 0.386. The van der Waals surface area contributed by atoms with Crippen molar-refractivity contribution in [2.75, 3.05) is 18.0 Å². The average Bonchev–Trinajstić information content (AvgIpc) is 3.06. The van der Waals surface area contributed by atoms with E-state index < -0.39 is 11.9 Å². The van der Waals surface area contributed by atoms with Crippen LogP contribution in [-0.2, 0) is 9.59 Å². The smallest absolute Gasteiger partial charge is 0.352 e. The third-order valence-electron chi connectivity index (χ3n) is 7.23.